The first-order valence-electron chi connectivity index (χ1n) is 8.02. The highest BCUT2D eigenvalue weighted by Crippen LogP contribution is 2.34. The van der Waals surface area contributed by atoms with Gasteiger partial charge in [-0.05, 0) is 61.4 Å². The smallest absolute Gasteiger partial charge is 0.243 e. The van der Waals surface area contributed by atoms with E-state index in [1.165, 1.54) is 31.3 Å². The number of rotatable bonds is 4. The van der Waals surface area contributed by atoms with Gasteiger partial charge in [-0.15, -0.1) is 0 Å². The van der Waals surface area contributed by atoms with Crippen molar-refractivity contribution in [1.29, 1.82) is 0 Å². The minimum atomic E-state index is -3.76. The zero-order valence-corrected chi connectivity index (χ0v) is 17.5. The Morgan fingerprint density at radius 3 is 2.58 bits per heavy atom. The fourth-order valence-electron chi connectivity index (χ4n) is 3.12. The Morgan fingerprint density at radius 1 is 1.27 bits per heavy atom. The van der Waals surface area contributed by atoms with Gasteiger partial charge in [0.15, 0.2) is 0 Å². The molecular formula is C18H18BrClN2O3S. The van der Waals surface area contributed by atoms with E-state index in [2.05, 4.69) is 15.9 Å². The average Bonchev–Trinajstić information content (AvgIpc) is 2.89. The number of carbonyl (C=O) groups excluding carboxylic acids is 1. The van der Waals surface area contributed by atoms with Gasteiger partial charge in [0.05, 0.1) is 11.4 Å². The Morgan fingerprint density at radius 2 is 1.92 bits per heavy atom. The SMILES string of the molecule is C[C@H]1Cc2cc(Br)ccc2N1C(=O)CN(C)S(=O)(=O)c1ccc(Cl)cc1. The minimum absolute atomic E-state index is 0.0153. The molecule has 26 heavy (non-hydrogen) atoms. The predicted molar refractivity (Wildman–Crippen MR) is 106 cm³/mol. The second-order valence-corrected chi connectivity index (χ2v) is 9.70. The molecule has 0 saturated carbocycles. The van der Waals surface area contributed by atoms with Crippen LogP contribution in [0.1, 0.15) is 12.5 Å². The van der Waals surface area contributed by atoms with Gasteiger partial charge < -0.3 is 4.90 Å². The molecule has 0 aliphatic carbocycles. The van der Waals surface area contributed by atoms with Crippen LogP contribution in [-0.2, 0) is 21.2 Å². The molecule has 0 fully saturated rings. The summed E-state index contributed by atoms with van der Waals surface area (Å²) < 4.78 is 27.4. The summed E-state index contributed by atoms with van der Waals surface area (Å²) in [6, 6.07) is 11.6. The Kier molecular flexibility index (Phi) is 5.44. The molecule has 1 aliphatic rings. The molecule has 1 atom stereocenters. The molecule has 0 spiro atoms. The normalized spacial score (nSPS) is 16.8. The molecular weight excluding hydrogens is 440 g/mol. The number of sulfonamides is 1. The van der Waals surface area contributed by atoms with Crippen molar-refractivity contribution >= 4 is 49.1 Å². The lowest BCUT2D eigenvalue weighted by Crippen LogP contribution is -2.43. The van der Waals surface area contributed by atoms with Crippen LogP contribution in [0.15, 0.2) is 51.8 Å². The number of benzene rings is 2. The molecule has 0 aromatic heterocycles. The van der Waals surface area contributed by atoms with E-state index < -0.39 is 10.0 Å². The van der Waals surface area contributed by atoms with Crippen molar-refractivity contribution in [1.82, 2.24) is 4.31 Å². The third-order valence-corrected chi connectivity index (χ3v) is 6.97. The van der Waals surface area contributed by atoms with Crippen molar-refractivity contribution in [3.8, 4) is 0 Å². The van der Waals surface area contributed by atoms with Crippen LogP contribution < -0.4 is 4.90 Å². The topological polar surface area (TPSA) is 57.7 Å². The molecule has 0 bridgehead atoms. The van der Waals surface area contributed by atoms with Crippen molar-refractivity contribution < 1.29 is 13.2 Å². The fraction of sp³-hybridized carbons (Fsp3) is 0.278. The lowest BCUT2D eigenvalue weighted by Gasteiger charge is -2.25. The van der Waals surface area contributed by atoms with Crippen LogP contribution in [0.3, 0.4) is 0 Å². The minimum Gasteiger partial charge on any atom is -0.308 e. The van der Waals surface area contributed by atoms with Gasteiger partial charge in [0.25, 0.3) is 0 Å². The van der Waals surface area contributed by atoms with Gasteiger partial charge in [-0.2, -0.15) is 4.31 Å². The highest BCUT2D eigenvalue weighted by molar-refractivity contribution is 9.10. The largest absolute Gasteiger partial charge is 0.308 e. The molecule has 138 valence electrons. The first-order valence-corrected chi connectivity index (χ1v) is 10.6. The number of nitrogens with zero attached hydrogens (tertiary/aromatic N) is 2. The molecule has 2 aromatic carbocycles. The van der Waals surface area contributed by atoms with E-state index >= 15 is 0 Å². The summed E-state index contributed by atoms with van der Waals surface area (Å²) in [4.78, 5) is 14.6. The predicted octanol–water partition coefficient (Wildman–Crippen LogP) is 3.70. The Bertz CT molecular complexity index is 947. The van der Waals surface area contributed by atoms with Gasteiger partial charge in [0, 0.05) is 28.3 Å². The molecule has 0 N–H and O–H groups in total. The molecule has 2 aromatic rings. The fourth-order valence-corrected chi connectivity index (χ4v) is 4.77. The molecule has 8 heteroatoms. The van der Waals surface area contributed by atoms with Gasteiger partial charge in [-0.25, -0.2) is 8.42 Å². The van der Waals surface area contributed by atoms with Crippen LogP contribution in [0.4, 0.5) is 5.69 Å². The summed E-state index contributed by atoms with van der Waals surface area (Å²) in [5.41, 5.74) is 1.91. The maximum absolute atomic E-state index is 12.8. The van der Waals surface area contributed by atoms with Crippen LogP contribution in [0, 0.1) is 0 Å². The third kappa shape index (κ3) is 3.67. The molecule has 5 nitrogen and oxygen atoms in total. The average molecular weight is 458 g/mol. The van der Waals surface area contributed by atoms with E-state index in [1.807, 2.05) is 25.1 Å². The van der Waals surface area contributed by atoms with Gasteiger partial charge in [0.1, 0.15) is 0 Å². The zero-order valence-electron chi connectivity index (χ0n) is 14.3. The number of halogens is 2. The van der Waals surface area contributed by atoms with Crippen molar-refractivity contribution in [2.24, 2.45) is 0 Å². The molecule has 3 rings (SSSR count). The summed E-state index contributed by atoms with van der Waals surface area (Å²) in [7, 11) is -2.35. The first-order chi connectivity index (χ1) is 12.2. The van der Waals surface area contributed by atoms with Gasteiger partial charge >= 0.3 is 0 Å². The number of carbonyl (C=O) groups is 1. The number of likely N-dealkylation sites (N-methyl/N-ethyl adjacent to an activating group) is 1. The van der Waals surface area contributed by atoms with E-state index in [1.54, 1.807) is 4.90 Å². The molecule has 0 saturated heterocycles. The highest BCUT2D eigenvalue weighted by atomic mass is 79.9. The van der Waals surface area contributed by atoms with E-state index in [9.17, 15) is 13.2 Å². The quantitative estimate of drug-likeness (QED) is 0.703. The maximum Gasteiger partial charge on any atom is 0.243 e. The van der Waals surface area contributed by atoms with Gasteiger partial charge in [-0.1, -0.05) is 27.5 Å². The third-order valence-electron chi connectivity index (χ3n) is 4.41. The Hall–Kier alpha value is -1.41. The zero-order chi connectivity index (χ0) is 19.1. The number of fused-ring (bicyclic) bond motifs is 1. The number of anilines is 1. The first kappa shape index (κ1) is 19.4. The number of hydrogen-bond acceptors (Lipinski definition) is 3. The summed E-state index contributed by atoms with van der Waals surface area (Å²) in [6.45, 7) is 1.73. The van der Waals surface area contributed by atoms with E-state index in [-0.39, 0.29) is 23.4 Å². The van der Waals surface area contributed by atoms with E-state index in [4.69, 9.17) is 11.6 Å². The molecule has 1 amide bonds. The lowest BCUT2D eigenvalue weighted by molar-refractivity contribution is -0.118. The number of hydrogen-bond donors (Lipinski definition) is 0. The van der Waals surface area contributed by atoms with Crippen molar-refractivity contribution in [3.05, 3.63) is 57.5 Å². The van der Waals surface area contributed by atoms with Crippen LogP contribution >= 0.6 is 27.5 Å². The summed E-state index contributed by atoms with van der Waals surface area (Å²) in [6.07, 6.45) is 0.744. The lowest BCUT2D eigenvalue weighted by atomic mass is 10.1. The standard InChI is InChI=1S/C18H18BrClN2O3S/c1-12-9-13-10-14(19)3-8-17(13)22(12)18(23)11-21(2)26(24,25)16-6-4-15(20)5-7-16/h3-8,10,12H,9,11H2,1-2H3/t12-/m0/s1. The van der Waals surface area contributed by atoms with Crippen molar-refractivity contribution in [3.63, 3.8) is 0 Å². The summed E-state index contributed by atoms with van der Waals surface area (Å²) in [5.74, 6) is -0.251. The van der Waals surface area contributed by atoms with Gasteiger partial charge in [-0.3, -0.25) is 4.79 Å². The summed E-state index contributed by atoms with van der Waals surface area (Å²) >= 11 is 9.25. The van der Waals surface area contributed by atoms with Crippen LogP contribution in [0.2, 0.25) is 5.02 Å². The van der Waals surface area contributed by atoms with Crippen molar-refractivity contribution in [2.75, 3.05) is 18.5 Å². The van der Waals surface area contributed by atoms with E-state index in [0.29, 0.717) is 5.02 Å². The molecule has 0 radical (unpaired) electrons. The van der Waals surface area contributed by atoms with E-state index in [0.717, 1.165) is 26.4 Å². The number of amides is 1. The maximum atomic E-state index is 12.8. The van der Waals surface area contributed by atoms with Gasteiger partial charge in [0.2, 0.25) is 15.9 Å². The van der Waals surface area contributed by atoms with Crippen molar-refractivity contribution in [2.45, 2.75) is 24.3 Å². The Labute approximate surface area is 166 Å². The Balaban J connectivity index is 1.81. The molecule has 0 unspecified atom stereocenters. The van der Waals surface area contributed by atoms with Crippen LogP contribution in [0.5, 0.6) is 0 Å². The summed E-state index contributed by atoms with van der Waals surface area (Å²) in [5, 5.41) is 0.455. The second-order valence-electron chi connectivity index (χ2n) is 6.30. The van der Waals surface area contributed by atoms with Crippen LogP contribution in [0.25, 0.3) is 0 Å². The monoisotopic (exact) mass is 456 g/mol. The second kappa shape index (κ2) is 7.31. The molecule has 1 aliphatic heterocycles. The molecule has 1 heterocycles. The van der Waals surface area contributed by atoms with Crippen LogP contribution in [-0.4, -0.2) is 38.3 Å². The highest BCUT2D eigenvalue weighted by Gasteiger charge is 2.33.